The van der Waals surface area contributed by atoms with Gasteiger partial charge in [0.1, 0.15) is 0 Å². The smallest absolute Gasteiger partial charge is 0.228 e. The Morgan fingerprint density at radius 2 is 1.74 bits per heavy atom. The second kappa shape index (κ2) is 5.20. The van der Waals surface area contributed by atoms with Crippen LogP contribution in [0.3, 0.4) is 0 Å². The molecule has 19 heavy (non-hydrogen) atoms. The van der Waals surface area contributed by atoms with Crippen molar-refractivity contribution in [1.82, 2.24) is 0 Å². The van der Waals surface area contributed by atoms with Gasteiger partial charge in [0.2, 0.25) is 5.91 Å². The first-order valence-corrected chi connectivity index (χ1v) is 7.29. The van der Waals surface area contributed by atoms with E-state index in [0.29, 0.717) is 11.8 Å². The number of rotatable bonds is 2. The number of fused-ring (bicyclic) bond motifs is 1. The van der Waals surface area contributed by atoms with Gasteiger partial charge in [-0.05, 0) is 56.1 Å². The molecule has 0 heterocycles. The molecule has 1 fully saturated rings. The van der Waals surface area contributed by atoms with Crippen molar-refractivity contribution in [3.05, 3.63) is 42.0 Å². The SMILES string of the molecule is Cc1ccccc1NC(=O)C1C2CC/C=C\CCC21. The minimum absolute atomic E-state index is 0.228. The van der Waals surface area contributed by atoms with Crippen LogP contribution >= 0.6 is 0 Å². The Labute approximate surface area is 114 Å². The third-order valence-corrected chi connectivity index (χ3v) is 4.54. The van der Waals surface area contributed by atoms with Crippen LogP contribution in [0.25, 0.3) is 0 Å². The van der Waals surface area contributed by atoms with Crippen molar-refractivity contribution >= 4 is 11.6 Å². The van der Waals surface area contributed by atoms with Gasteiger partial charge in [-0.3, -0.25) is 4.79 Å². The molecule has 0 saturated heterocycles. The molecule has 2 aliphatic rings. The fraction of sp³-hybridized carbons (Fsp3) is 0.471. The number of carbonyl (C=O) groups excluding carboxylic acids is 1. The van der Waals surface area contributed by atoms with Crippen LogP contribution in [0.15, 0.2) is 36.4 Å². The highest BCUT2D eigenvalue weighted by atomic mass is 16.2. The lowest BCUT2D eigenvalue weighted by molar-refractivity contribution is -0.117. The van der Waals surface area contributed by atoms with Crippen LogP contribution in [0.1, 0.15) is 31.2 Å². The number of hydrogen-bond donors (Lipinski definition) is 1. The Bertz CT molecular complexity index is 490. The number of benzene rings is 1. The summed E-state index contributed by atoms with van der Waals surface area (Å²) < 4.78 is 0. The fourth-order valence-corrected chi connectivity index (χ4v) is 3.36. The van der Waals surface area contributed by atoms with Gasteiger partial charge in [0.05, 0.1) is 0 Å². The molecule has 0 aliphatic heterocycles. The summed E-state index contributed by atoms with van der Waals surface area (Å²) in [5, 5.41) is 3.11. The molecule has 0 spiro atoms. The number of allylic oxidation sites excluding steroid dienone is 2. The molecule has 2 atom stereocenters. The zero-order valence-electron chi connectivity index (χ0n) is 11.4. The van der Waals surface area contributed by atoms with E-state index in [1.165, 1.54) is 12.8 Å². The highest BCUT2D eigenvalue weighted by molar-refractivity contribution is 5.95. The first-order valence-electron chi connectivity index (χ1n) is 7.29. The van der Waals surface area contributed by atoms with Gasteiger partial charge in [-0.2, -0.15) is 0 Å². The molecule has 100 valence electrons. The number of carbonyl (C=O) groups is 1. The number of anilines is 1. The standard InChI is InChI=1S/C17H21NO/c1-12-8-6-7-11-15(12)18-17(19)16-13-9-4-2-3-5-10-14(13)16/h2-3,6-8,11,13-14,16H,4-5,9-10H2,1H3,(H,18,19)/b3-2-. The Morgan fingerprint density at radius 3 is 2.37 bits per heavy atom. The van der Waals surface area contributed by atoms with Gasteiger partial charge in [-0.25, -0.2) is 0 Å². The fourth-order valence-electron chi connectivity index (χ4n) is 3.36. The molecule has 1 aromatic rings. The zero-order valence-corrected chi connectivity index (χ0v) is 11.4. The van der Waals surface area contributed by atoms with Crippen molar-refractivity contribution in [3.8, 4) is 0 Å². The van der Waals surface area contributed by atoms with Crippen LogP contribution in [0, 0.1) is 24.7 Å². The molecule has 1 amide bonds. The van der Waals surface area contributed by atoms with Gasteiger partial charge in [0.15, 0.2) is 0 Å². The minimum atomic E-state index is 0.228. The normalized spacial score (nSPS) is 30.7. The lowest BCUT2D eigenvalue weighted by Gasteiger charge is -2.07. The van der Waals surface area contributed by atoms with E-state index in [0.717, 1.165) is 24.1 Å². The number of aryl methyl sites for hydroxylation is 1. The number of para-hydroxylation sites is 1. The van der Waals surface area contributed by atoms with E-state index in [2.05, 4.69) is 17.5 Å². The molecule has 2 heteroatoms. The predicted octanol–water partition coefficient (Wildman–Crippen LogP) is 3.93. The topological polar surface area (TPSA) is 29.1 Å². The molecule has 2 unspecified atom stereocenters. The van der Waals surface area contributed by atoms with Crippen LogP contribution < -0.4 is 5.32 Å². The third kappa shape index (κ3) is 2.58. The Hall–Kier alpha value is -1.57. The summed E-state index contributed by atoms with van der Waals surface area (Å²) in [4.78, 5) is 12.4. The summed E-state index contributed by atoms with van der Waals surface area (Å²) >= 11 is 0. The lowest BCUT2D eigenvalue weighted by Crippen LogP contribution is -2.16. The average Bonchev–Trinajstić information content (AvgIpc) is 3.03. The molecular formula is C17H21NO. The highest BCUT2D eigenvalue weighted by Gasteiger charge is 2.53. The zero-order chi connectivity index (χ0) is 13.2. The minimum Gasteiger partial charge on any atom is -0.326 e. The Kier molecular flexibility index (Phi) is 3.41. The van der Waals surface area contributed by atoms with Crippen LogP contribution in [0.4, 0.5) is 5.69 Å². The van der Waals surface area contributed by atoms with E-state index in [4.69, 9.17) is 0 Å². The monoisotopic (exact) mass is 255 g/mol. The molecule has 1 aromatic carbocycles. The van der Waals surface area contributed by atoms with E-state index in [9.17, 15) is 4.79 Å². The quantitative estimate of drug-likeness (QED) is 0.797. The van der Waals surface area contributed by atoms with E-state index in [1.54, 1.807) is 0 Å². The molecule has 3 rings (SSSR count). The van der Waals surface area contributed by atoms with Gasteiger partial charge in [0, 0.05) is 11.6 Å². The molecule has 2 aliphatic carbocycles. The lowest BCUT2D eigenvalue weighted by atomic mass is 10.1. The summed E-state index contributed by atoms with van der Waals surface area (Å²) in [6.45, 7) is 2.04. The van der Waals surface area contributed by atoms with E-state index in [1.807, 2.05) is 31.2 Å². The van der Waals surface area contributed by atoms with E-state index >= 15 is 0 Å². The van der Waals surface area contributed by atoms with Gasteiger partial charge >= 0.3 is 0 Å². The number of hydrogen-bond acceptors (Lipinski definition) is 1. The van der Waals surface area contributed by atoms with Crippen LogP contribution in [-0.2, 0) is 4.79 Å². The van der Waals surface area contributed by atoms with Gasteiger partial charge in [-0.15, -0.1) is 0 Å². The molecule has 0 aromatic heterocycles. The van der Waals surface area contributed by atoms with Crippen molar-refractivity contribution < 1.29 is 4.79 Å². The Balaban J connectivity index is 1.65. The van der Waals surface area contributed by atoms with Crippen molar-refractivity contribution in [2.24, 2.45) is 17.8 Å². The summed E-state index contributed by atoms with van der Waals surface area (Å²) in [6.07, 6.45) is 9.15. The first kappa shape index (κ1) is 12.5. The van der Waals surface area contributed by atoms with Gasteiger partial charge in [-0.1, -0.05) is 30.4 Å². The van der Waals surface area contributed by atoms with Crippen molar-refractivity contribution in [2.45, 2.75) is 32.6 Å². The maximum absolute atomic E-state index is 12.4. The van der Waals surface area contributed by atoms with Gasteiger partial charge < -0.3 is 5.32 Å². The average molecular weight is 255 g/mol. The molecule has 1 N–H and O–H groups in total. The number of nitrogens with one attached hydrogen (secondary N) is 1. The van der Waals surface area contributed by atoms with Crippen LogP contribution in [0.2, 0.25) is 0 Å². The summed E-state index contributed by atoms with van der Waals surface area (Å²) in [5.41, 5.74) is 2.10. The maximum Gasteiger partial charge on any atom is 0.228 e. The van der Waals surface area contributed by atoms with E-state index in [-0.39, 0.29) is 11.8 Å². The van der Waals surface area contributed by atoms with Crippen LogP contribution in [0.5, 0.6) is 0 Å². The molecule has 2 nitrogen and oxygen atoms in total. The maximum atomic E-state index is 12.4. The van der Waals surface area contributed by atoms with Crippen molar-refractivity contribution in [2.75, 3.05) is 5.32 Å². The van der Waals surface area contributed by atoms with E-state index < -0.39 is 0 Å². The van der Waals surface area contributed by atoms with Gasteiger partial charge in [0.25, 0.3) is 0 Å². The predicted molar refractivity (Wildman–Crippen MR) is 77.9 cm³/mol. The largest absolute Gasteiger partial charge is 0.326 e. The Morgan fingerprint density at radius 1 is 1.11 bits per heavy atom. The van der Waals surface area contributed by atoms with Crippen molar-refractivity contribution in [3.63, 3.8) is 0 Å². The van der Waals surface area contributed by atoms with Crippen LogP contribution in [-0.4, -0.2) is 5.91 Å². The second-order valence-electron chi connectivity index (χ2n) is 5.78. The molecular weight excluding hydrogens is 234 g/mol. The highest BCUT2D eigenvalue weighted by Crippen LogP contribution is 2.53. The van der Waals surface area contributed by atoms with Crippen molar-refractivity contribution in [1.29, 1.82) is 0 Å². The summed E-state index contributed by atoms with van der Waals surface area (Å²) in [7, 11) is 0. The molecule has 1 saturated carbocycles. The molecule has 0 bridgehead atoms. The third-order valence-electron chi connectivity index (χ3n) is 4.54. The second-order valence-corrected chi connectivity index (χ2v) is 5.78. The number of amides is 1. The molecule has 0 radical (unpaired) electrons. The summed E-state index contributed by atoms with van der Waals surface area (Å²) in [6, 6.07) is 8.00. The first-order chi connectivity index (χ1) is 9.27. The summed E-state index contributed by atoms with van der Waals surface area (Å²) in [5.74, 6) is 1.72.